The van der Waals surface area contributed by atoms with Crippen LogP contribution in [-0.4, -0.2) is 26.9 Å². The molecule has 1 amide bonds. The number of ether oxygens (including phenoxy) is 1. The highest BCUT2D eigenvalue weighted by atomic mass is 32.2. The lowest BCUT2D eigenvalue weighted by Crippen LogP contribution is -2.17. The molecular formula is C20H18N2O5S2. The lowest BCUT2D eigenvalue weighted by molar-refractivity contribution is 0.0526. The third-order valence-corrected chi connectivity index (χ3v) is 6.12. The van der Waals surface area contributed by atoms with Gasteiger partial charge in [0.1, 0.15) is 4.88 Å². The molecule has 0 aliphatic rings. The molecule has 1 heterocycles. The summed E-state index contributed by atoms with van der Waals surface area (Å²) >= 11 is 1.11. The summed E-state index contributed by atoms with van der Waals surface area (Å²) in [7, 11) is -3.81. The molecule has 0 aliphatic heterocycles. The Hall–Kier alpha value is -3.17. The molecule has 0 bridgehead atoms. The van der Waals surface area contributed by atoms with Crippen LogP contribution in [0.5, 0.6) is 0 Å². The standard InChI is InChI=1S/C20H18N2O5S2/c1-2-27-20(24)14-8-10-15(11-9-14)21-19(23)18-17(12-13-28-18)22-29(25,26)16-6-4-3-5-7-16/h3-13,22H,2H2,1H3,(H,21,23). The molecule has 3 rings (SSSR count). The number of thiophene rings is 1. The van der Waals surface area contributed by atoms with Gasteiger partial charge in [0.2, 0.25) is 0 Å². The molecule has 9 heteroatoms. The van der Waals surface area contributed by atoms with Crippen LogP contribution in [0.15, 0.2) is 70.9 Å². The Labute approximate surface area is 172 Å². The molecule has 1 aromatic heterocycles. The molecule has 2 aromatic carbocycles. The molecule has 3 aromatic rings. The van der Waals surface area contributed by atoms with Crippen LogP contribution in [0.2, 0.25) is 0 Å². The van der Waals surface area contributed by atoms with Crippen molar-refractivity contribution < 1.29 is 22.7 Å². The first-order chi connectivity index (χ1) is 13.9. The molecule has 7 nitrogen and oxygen atoms in total. The highest BCUT2D eigenvalue weighted by Crippen LogP contribution is 2.26. The maximum Gasteiger partial charge on any atom is 0.338 e. The topological polar surface area (TPSA) is 102 Å². The third kappa shape index (κ3) is 5.01. The van der Waals surface area contributed by atoms with Crippen molar-refractivity contribution >= 4 is 44.6 Å². The van der Waals surface area contributed by atoms with Gasteiger partial charge in [0, 0.05) is 5.69 Å². The average Bonchev–Trinajstić information content (AvgIpc) is 3.17. The molecule has 0 saturated carbocycles. The zero-order chi connectivity index (χ0) is 20.9. The Morgan fingerprint density at radius 2 is 1.69 bits per heavy atom. The van der Waals surface area contributed by atoms with E-state index in [0.717, 1.165) is 11.3 Å². The Bertz CT molecular complexity index is 1110. The normalized spacial score (nSPS) is 10.9. The Morgan fingerprint density at radius 1 is 1.00 bits per heavy atom. The van der Waals surface area contributed by atoms with E-state index in [4.69, 9.17) is 4.74 Å². The smallest absolute Gasteiger partial charge is 0.338 e. The number of carbonyl (C=O) groups excluding carboxylic acids is 2. The summed E-state index contributed by atoms with van der Waals surface area (Å²) in [6, 6.07) is 15.7. The van der Waals surface area contributed by atoms with Crippen LogP contribution in [0, 0.1) is 0 Å². The van der Waals surface area contributed by atoms with Crippen LogP contribution in [0.25, 0.3) is 0 Å². The van der Waals surface area contributed by atoms with Gasteiger partial charge in [-0.3, -0.25) is 9.52 Å². The predicted octanol–water partition coefficient (Wildman–Crippen LogP) is 3.98. The minimum absolute atomic E-state index is 0.104. The first-order valence-electron chi connectivity index (χ1n) is 8.64. The van der Waals surface area contributed by atoms with Crippen molar-refractivity contribution in [1.82, 2.24) is 0 Å². The summed E-state index contributed by atoms with van der Waals surface area (Å²) in [5.74, 6) is -0.907. The fourth-order valence-corrected chi connectivity index (χ4v) is 4.36. The predicted molar refractivity (Wildman–Crippen MR) is 112 cm³/mol. The van der Waals surface area contributed by atoms with E-state index in [0.29, 0.717) is 11.3 Å². The second kappa shape index (κ2) is 8.89. The van der Waals surface area contributed by atoms with Gasteiger partial charge >= 0.3 is 5.97 Å². The molecule has 0 saturated heterocycles. The van der Waals surface area contributed by atoms with Crippen LogP contribution in [-0.2, 0) is 14.8 Å². The highest BCUT2D eigenvalue weighted by molar-refractivity contribution is 7.92. The van der Waals surface area contributed by atoms with Crippen LogP contribution in [0.3, 0.4) is 0 Å². The third-order valence-electron chi connectivity index (χ3n) is 3.82. The first-order valence-corrected chi connectivity index (χ1v) is 11.0. The summed E-state index contributed by atoms with van der Waals surface area (Å²) in [6.07, 6.45) is 0. The number of rotatable bonds is 7. The number of amides is 1. The fourth-order valence-electron chi connectivity index (χ4n) is 2.46. The van der Waals surface area contributed by atoms with Crippen LogP contribution >= 0.6 is 11.3 Å². The molecule has 0 radical (unpaired) electrons. The number of carbonyl (C=O) groups is 2. The average molecular weight is 431 g/mol. The van der Waals surface area contributed by atoms with Crippen LogP contribution in [0.4, 0.5) is 11.4 Å². The summed E-state index contributed by atoms with van der Waals surface area (Å²) < 4.78 is 32.4. The summed E-state index contributed by atoms with van der Waals surface area (Å²) in [4.78, 5) is 24.6. The van der Waals surface area contributed by atoms with Crippen molar-refractivity contribution in [2.45, 2.75) is 11.8 Å². The lowest BCUT2D eigenvalue weighted by atomic mass is 10.2. The van der Waals surface area contributed by atoms with E-state index in [1.165, 1.54) is 18.2 Å². The van der Waals surface area contributed by atoms with E-state index in [9.17, 15) is 18.0 Å². The summed E-state index contributed by atoms with van der Waals surface area (Å²) in [5, 5.41) is 4.32. The maximum atomic E-state index is 12.6. The molecule has 0 fully saturated rings. The van der Waals surface area contributed by atoms with Crippen LogP contribution in [0.1, 0.15) is 27.0 Å². The van der Waals surface area contributed by atoms with Crippen LogP contribution < -0.4 is 10.0 Å². The molecule has 150 valence electrons. The molecular weight excluding hydrogens is 412 g/mol. The minimum atomic E-state index is -3.81. The Kier molecular flexibility index (Phi) is 6.30. The van der Waals surface area contributed by atoms with Crippen molar-refractivity contribution in [2.75, 3.05) is 16.6 Å². The van der Waals surface area contributed by atoms with E-state index in [1.54, 1.807) is 54.8 Å². The summed E-state index contributed by atoms with van der Waals surface area (Å²) in [5.41, 5.74) is 1.03. The first kappa shape index (κ1) is 20.6. The number of esters is 1. The van der Waals surface area contributed by atoms with Crippen molar-refractivity contribution in [1.29, 1.82) is 0 Å². The number of hydrogen-bond acceptors (Lipinski definition) is 6. The number of hydrogen-bond donors (Lipinski definition) is 2. The molecule has 0 spiro atoms. The molecule has 2 N–H and O–H groups in total. The number of nitrogens with one attached hydrogen (secondary N) is 2. The largest absolute Gasteiger partial charge is 0.462 e. The molecule has 0 atom stereocenters. The lowest BCUT2D eigenvalue weighted by Gasteiger charge is -2.10. The number of anilines is 2. The quantitative estimate of drug-likeness (QED) is 0.552. The second-order valence-electron chi connectivity index (χ2n) is 5.83. The van der Waals surface area contributed by atoms with Crippen molar-refractivity contribution in [3.63, 3.8) is 0 Å². The second-order valence-corrected chi connectivity index (χ2v) is 8.43. The SMILES string of the molecule is CCOC(=O)c1ccc(NC(=O)c2sccc2NS(=O)(=O)c2ccccc2)cc1. The van der Waals surface area contributed by atoms with Crippen molar-refractivity contribution in [3.8, 4) is 0 Å². The van der Waals surface area contributed by atoms with E-state index in [1.807, 2.05) is 0 Å². The maximum absolute atomic E-state index is 12.6. The van der Waals surface area contributed by atoms with E-state index in [-0.39, 0.29) is 22.1 Å². The van der Waals surface area contributed by atoms with E-state index >= 15 is 0 Å². The summed E-state index contributed by atoms with van der Waals surface area (Å²) in [6.45, 7) is 1.99. The highest BCUT2D eigenvalue weighted by Gasteiger charge is 2.20. The van der Waals surface area contributed by atoms with Gasteiger partial charge in [-0.1, -0.05) is 18.2 Å². The van der Waals surface area contributed by atoms with E-state index in [2.05, 4.69) is 10.0 Å². The van der Waals surface area contributed by atoms with Crippen molar-refractivity contribution in [3.05, 3.63) is 76.5 Å². The van der Waals surface area contributed by atoms with Gasteiger partial charge in [0.25, 0.3) is 15.9 Å². The number of benzene rings is 2. The van der Waals surface area contributed by atoms with Gasteiger partial charge in [0.05, 0.1) is 22.8 Å². The fraction of sp³-hybridized carbons (Fsp3) is 0.100. The minimum Gasteiger partial charge on any atom is -0.462 e. The Balaban J connectivity index is 1.73. The Morgan fingerprint density at radius 3 is 2.34 bits per heavy atom. The number of sulfonamides is 1. The van der Waals surface area contributed by atoms with Gasteiger partial charge in [-0.15, -0.1) is 11.3 Å². The van der Waals surface area contributed by atoms with Gasteiger partial charge in [-0.2, -0.15) is 0 Å². The van der Waals surface area contributed by atoms with Gasteiger partial charge in [0.15, 0.2) is 0 Å². The van der Waals surface area contributed by atoms with Crippen molar-refractivity contribution in [2.24, 2.45) is 0 Å². The van der Waals surface area contributed by atoms with E-state index < -0.39 is 21.9 Å². The van der Waals surface area contributed by atoms with Gasteiger partial charge in [-0.05, 0) is 54.8 Å². The zero-order valence-electron chi connectivity index (χ0n) is 15.4. The molecule has 0 aliphatic carbocycles. The molecule has 0 unspecified atom stereocenters. The zero-order valence-corrected chi connectivity index (χ0v) is 17.0. The van der Waals surface area contributed by atoms with Gasteiger partial charge < -0.3 is 10.1 Å². The molecule has 29 heavy (non-hydrogen) atoms. The van der Waals surface area contributed by atoms with Gasteiger partial charge in [-0.25, -0.2) is 13.2 Å². The monoisotopic (exact) mass is 430 g/mol.